The lowest BCUT2D eigenvalue weighted by Gasteiger charge is -2.58. The van der Waals surface area contributed by atoms with E-state index in [9.17, 15) is 4.79 Å². The highest BCUT2D eigenvalue weighted by Gasteiger charge is 2.52. The molecule has 0 aromatic carbocycles. The third-order valence-electron chi connectivity index (χ3n) is 3.27. The molecule has 1 spiro atoms. The van der Waals surface area contributed by atoms with Crippen LogP contribution in [-0.4, -0.2) is 43.0 Å². The second kappa shape index (κ2) is 6.87. The molecule has 1 aliphatic heterocycles. The second-order valence-corrected chi connectivity index (χ2v) is 5.05. The molecule has 1 heterocycles. The molecule has 17 heavy (non-hydrogen) atoms. The average Bonchev–Trinajstić information content (AvgIpc) is 2.26. The van der Waals surface area contributed by atoms with Crippen LogP contribution in [0.15, 0.2) is 0 Å². The maximum atomic E-state index is 11.5. The van der Waals surface area contributed by atoms with Gasteiger partial charge in [0, 0.05) is 32.6 Å². The van der Waals surface area contributed by atoms with Crippen molar-refractivity contribution >= 4 is 6.03 Å². The first-order valence-corrected chi connectivity index (χ1v) is 6.99. The highest BCUT2D eigenvalue weighted by molar-refractivity contribution is 5.75. The Bertz CT molecular complexity index is 224. The topological polar surface area (TPSA) is 23.6 Å². The lowest BCUT2D eigenvalue weighted by atomic mass is 9.58. The van der Waals surface area contributed by atoms with Crippen LogP contribution in [-0.2, 0) is 0 Å². The van der Waals surface area contributed by atoms with Gasteiger partial charge in [-0.05, 0) is 18.8 Å². The number of urea groups is 1. The van der Waals surface area contributed by atoms with Crippen LogP contribution in [0.3, 0.4) is 0 Å². The number of amides is 2. The number of rotatable bonds is 0. The summed E-state index contributed by atoms with van der Waals surface area (Å²) in [7, 11) is 3.63. The number of hydrogen-bond acceptors (Lipinski definition) is 1. The van der Waals surface area contributed by atoms with E-state index in [-0.39, 0.29) is 6.03 Å². The molecule has 0 atom stereocenters. The number of carbonyl (C=O) groups is 1. The Morgan fingerprint density at radius 2 is 1.53 bits per heavy atom. The maximum absolute atomic E-state index is 11.5. The standard InChI is InChI=1S/C10H18N2O.2C2H6/c1-8-4-10(5-8)6-12(7-10)9(13)11(2)3;2*1-2/h8H,4-7H2,1-3H3;2*1-2H3. The Labute approximate surface area is 107 Å². The van der Waals surface area contributed by atoms with Crippen molar-refractivity contribution in [2.75, 3.05) is 27.2 Å². The van der Waals surface area contributed by atoms with Gasteiger partial charge in [0.15, 0.2) is 0 Å². The van der Waals surface area contributed by atoms with E-state index in [0.717, 1.165) is 19.0 Å². The highest BCUT2D eigenvalue weighted by Crippen LogP contribution is 2.51. The number of nitrogens with zero attached hydrogens (tertiary/aromatic N) is 2. The van der Waals surface area contributed by atoms with Crippen LogP contribution < -0.4 is 0 Å². The molecular weight excluding hydrogens is 212 g/mol. The number of hydrogen-bond donors (Lipinski definition) is 0. The summed E-state index contributed by atoms with van der Waals surface area (Å²) in [6, 6.07) is 0.171. The Kier molecular flexibility index (Phi) is 6.58. The zero-order valence-corrected chi connectivity index (χ0v) is 12.7. The molecule has 1 aliphatic carbocycles. The molecule has 2 aliphatic rings. The van der Waals surface area contributed by atoms with Gasteiger partial charge in [0.25, 0.3) is 0 Å². The zero-order valence-electron chi connectivity index (χ0n) is 12.7. The molecule has 1 saturated carbocycles. The van der Waals surface area contributed by atoms with E-state index in [0.29, 0.717) is 5.41 Å². The Morgan fingerprint density at radius 3 is 1.82 bits per heavy atom. The SMILES string of the molecule is CC.CC.CC1CC2(C1)CN(C(=O)N(C)C)C2. The summed E-state index contributed by atoms with van der Waals surface area (Å²) in [6.45, 7) is 12.3. The number of carbonyl (C=O) groups excluding carboxylic acids is 1. The molecule has 0 aromatic heterocycles. The fraction of sp³-hybridized carbons (Fsp3) is 0.929. The predicted octanol–water partition coefficient (Wildman–Crippen LogP) is 3.45. The van der Waals surface area contributed by atoms with Crippen molar-refractivity contribution in [1.82, 2.24) is 9.80 Å². The van der Waals surface area contributed by atoms with Crippen molar-refractivity contribution in [2.24, 2.45) is 11.3 Å². The highest BCUT2D eigenvalue weighted by atomic mass is 16.2. The Morgan fingerprint density at radius 1 is 1.12 bits per heavy atom. The fourth-order valence-electron chi connectivity index (χ4n) is 2.86. The largest absolute Gasteiger partial charge is 0.331 e. The van der Waals surface area contributed by atoms with Gasteiger partial charge in [-0.2, -0.15) is 0 Å². The van der Waals surface area contributed by atoms with E-state index in [1.54, 1.807) is 4.90 Å². The summed E-state index contributed by atoms with van der Waals surface area (Å²) in [6.07, 6.45) is 2.65. The summed E-state index contributed by atoms with van der Waals surface area (Å²) < 4.78 is 0. The molecule has 0 N–H and O–H groups in total. The van der Waals surface area contributed by atoms with Gasteiger partial charge >= 0.3 is 6.03 Å². The summed E-state index contributed by atoms with van der Waals surface area (Å²) in [5.74, 6) is 0.886. The van der Waals surface area contributed by atoms with Gasteiger partial charge in [0.2, 0.25) is 0 Å². The number of likely N-dealkylation sites (tertiary alicyclic amines) is 1. The van der Waals surface area contributed by atoms with Gasteiger partial charge < -0.3 is 9.80 Å². The normalized spacial score (nSPS) is 20.1. The molecule has 3 nitrogen and oxygen atoms in total. The quantitative estimate of drug-likeness (QED) is 0.638. The first-order valence-electron chi connectivity index (χ1n) is 6.99. The average molecular weight is 242 g/mol. The molecule has 2 amide bonds. The molecule has 102 valence electrons. The Hall–Kier alpha value is -0.730. The molecule has 0 radical (unpaired) electrons. The van der Waals surface area contributed by atoms with Gasteiger partial charge in [-0.25, -0.2) is 4.79 Å². The Balaban J connectivity index is 0.000000581. The molecule has 2 fully saturated rings. The molecule has 3 heteroatoms. The van der Waals surface area contributed by atoms with E-state index in [2.05, 4.69) is 6.92 Å². The van der Waals surface area contributed by atoms with Crippen molar-refractivity contribution in [3.05, 3.63) is 0 Å². The second-order valence-electron chi connectivity index (χ2n) is 5.05. The van der Waals surface area contributed by atoms with Crippen molar-refractivity contribution in [1.29, 1.82) is 0 Å². The van der Waals surface area contributed by atoms with E-state index >= 15 is 0 Å². The van der Waals surface area contributed by atoms with Gasteiger partial charge in [-0.15, -0.1) is 0 Å². The molecule has 0 unspecified atom stereocenters. The lowest BCUT2D eigenvalue weighted by molar-refractivity contribution is -0.0692. The summed E-state index contributed by atoms with van der Waals surface area (Å²) >= 11 is 0. The van der Waals surface area contributed by atoms with Crippen molar-refractivity contribution in [2.45, 2.75) is 47.5 Å². The van der Waals surface area contributed by atoms with Crippen molar-refractivity contribution < 1.29 is 4.79 Å². The first kappa shape index (κ1) is 16.3. The smallest absolute Gasteiger partial charge is 0.319 e. The minimum absolute atomic E-state index is 0.171. The third-order valence-corrected chi connectivity index (χ3v) is 3.27. The minimum Gasteiger partial charge on any atom is -0.331 e. The predicted molar refractivity (Wildman–Crippen MR) is 74.2 cm³/mol. The van der Waals surface area contributed by atoms with E-state index in [4.69, 9.17) is 0 Å². The van der Waals surface area contributed by atoms with Gasteiger partial charge in [0.1, 0.15) is 0 Å². The van der Waals surface area contributed by atoms with Gasteiger partial charge in [-0.1, -0.05) is 34.6 Å². The van der Waals surface area contributed by atoms with Crippen LogP contribution in [0, 0.1) is 11.3 Å². The summed E-state index contributed by atoms with van der Waals surface area (Å²) in [4.78, 5) is 15.1. The van der Waals surface area contributed by atoms with Crippen LogP contribution in [0.2, 0.25) is 0 Å². The molecule has 0 aromatic rings. The van der Waals surface area contributed by atoms with E-state index in [1.165, 1.54) is 12.8 Å². The van der Waals surface area contributed by atoms with E-state index < -0.39 is 0 Å². The van der Waals surface area contributed by atoms with Crippen LogP contribution in [0.1, 0.15) is 47.5 Å². The molecular formula is C14H30N2O. The van der Waals surface area contributed by atoms with Crippen molar-refractivity contribution in [3.8, 4) is 0 Å². The van der Waals surface area contributed by atoms with Crippen molar-refractivity contribution in [3.63, 3.8) is 0 Å². The van der Waals surface area contributed by atoms with Crippen LogP contribution in [0.5, 0.6) is 0 Å². The third kappa shape index (κ3) is 3.62. The van der Waals surface area contributed by atoms with Gasteiger partial charge in [0.05, 0.1) is 0 Å². The van der Waals surface area contributed by atoms with E-state index in [1.807, 2.05) is 46.7 Å². The lowest BCUT2D eigenvalue weighted by Crippen LogP contribution is -2.64. The summed E-state index contributed by atoms with van der Waals surface area (Å²) in [5.41, 5.74) is 0.533. The molecule has 1 saturated heterocycles. The van der Waals surface area contributed by atoms with Crippen LogP contribution >= 0.6 is 0 Å². The first-order chi connectivity index (χ1) is 8.02. The monoisotopic (exact) mass is 242 g/mol. The van der Waals surface area contributed by atoms with Crippen LogP contribution in [0.25, 0.3) is 0 Å². The van der Waals surface area contributed by atoms with Gasteiger partial charge in [-0.3, -0.25) is 0 Å². The minimum atomic E-state index is 0.171. The maximum Gasteiger partial charge on any atom is 0.319 e. The molecule has 2 rings (SSSR count). The summed E-state index contributed by atoms with van der Waals surface area (Å²) in [5, 5.41) is 0. The fourth-order valence-corrected chi connectivity index (χ4v) is 2.86. The van der Waals surface area contributed by atoms with Crippen LogP contribution in [0.4, 0.5) is 4.79 Å². The zero-order chi connectivity index (χ0) is 13.6. The molecule has 0 bridgehead atoms.